The summed E-state index contributed by atoms with van der Waals surface area (Å²) in [6.45, 7) is 7.57. The van der Waals surface area contributed by atoms with E-state index < -0.39 is 12.0 Å². The maximum atomic E-state index is 12.3. The van der Waals surface area contributed by atoms with E-state index in [2.05, 4.69) is 6.92 Å². The predicted octanol–water partition coefficient (Wildman–Crippen LogP) is 1.18. The van der Waals surface area contributed by atoms with Crippen LogP contribution in [-0.4, -0.2) is 58.5 Å². The molecule has 0 saturated carbocycles. The maximum Gasteiger partial charge on any atom is 0.305 e. The Morgan fingerprint density at radius 3 is 2.61 bits per heavy atom. The molecule has 1 amide bonds. The Morgan fingerprint density at radius 2 is 2.11 bits per heavy atom. The molecule has 0 aromatic heterocycles. The standard InChI is InChI=1S/C13H24N2O3/c1-5-6-7-15-9-13(2,3)14(4)10(12(15)18)8-11(16)17/h10H,5-9H2,1-4H3,(H,16,17). The minimum Gasteiger partial charge on any atom is -0.481 e. The lowest BCUT2D eigenvalue weighted by atomic mass is 9.93. The molecule has 1 atom stereocenters. The molecule has 1 heterocycles. The average molecular weight is 256 g/mol. The van der Waals surface area contributed by atoms with Gasteiger partial charge in [-0.25, -0.2) is 0 Å². The summed E-state index contributed by atoms with van der Waals surface area (Å²) < 4.78 is 0. The molecular formula is C13H24N2O3. The van der Waals surface area contributed by atoms with Crippen LogP contribution in [0.3, 0.4) is 0 Å². The zero-order chi connectivity index (χ0) is 13.9. The van der Waals surface area contributed by atoms with Gasteiger partial charge in [0.2, 0.25) is 5.91 Å². The molecule has 0 aliphatic carbocycles. The first-order chi connectivity index (χ1) is 8.29. The van der Waals surface area contributed by atoms with Crippen LogP contribution in [-0.2, 0) is 9.59 Å². The maximum absolute atomic E-state index is 12.3. The van der Waals surface area contributed by atoms with Crippen molar-refractivity contribution in [1.82, 2.24) is 9.80 Å². The normalized spacial score (nSPS) is 24.3. The Labute approximate surface area is 109 Å². The molecule has 1 fully saturated rings. The van der Waals surface area contributed by atoms with E-state index in [4.69, 9.17) is 5.11 Å². The Morgan fingerprint density at radius 1 is 1.50 bits per heavy atom. The van der Waals surface area contributed by atoms with E-state index in [1.54, 1.807) is 0 Å². The molecule has 1 unspecified atom stereocenters. The minimum absolute atomic E-state index is 0.0484. The lowest BCUT2D eigenvalue weighted by molar-refractivity contribution is -0.154. The number of carbonyl (C=O) groups excluding carboxylic acids is 1. The number of piperazine rings is 1. The van der Waals surface area contributed by atoms with Crippen LogP contribution in [0.25, 0.3) is 0 Å². The molecule has 1 aliphatic heterocycles. The van der Waals surface area contributed by atoms with Crippen LogP contribution < -0.4 is 0 Å². The summed E-state index contributed by atoms with van der Waals surface area (Å²) in [6.07, 6.45) is 1.87. The van der Waals surface area contributed by atoms with Crippen LogP contribution in [0.5, 0.6) is 0 Å². The second-order valence-electron chi connectivity index (χ2n) is 5.65. The van der Waals surface area contributed by atoms with Gasteiger partial charge in [0.1, 0.15) is 6.04 Å². The molecule has 1 rings (SSSR count). The van der Waals surface area contributed by atoms with Gasteiger partial charge >= 0.3 is 5.97 Å². The first kappa shape index (κ1) is 15.0. The number of amides is 1. The summed E-state index contributed by atoms with van der Waals surface area (Å²) in [5.41, 5.74) is -0.179. The van der Waals surface area contributed by atoms with Gasteiger partial charge in [-0.05, 0) is 27.3 Å². The molecule has 5 nitrogen and oxygen atoms in total. The third kappa shape index (κ3) is 3.22. The predicted molar refractivity (Wildman–Crippen MR) is 69.4 cm³/mol. The highest BCUT2D eigenvalue weighted by Crippen LogP contribution is 2.26. The van der Waals surface area contributed by atoms with Crippen molar-refractivity contribution < 1.29 is 14.7 Å². The van der Waals surface area contributed by atoms with E-state index in [0.717, 1.165) is 19.4 Å². The summed E-state index contributed by atoms with van der Waals surface area (Å²) in [5.74, 6) is -0.971. The van der Waals surface area contributed by atoms with Crippen molar-refractivity contribution in [2.75, 3.05) is 20.1 Å². The molecule has 1 N–H and O–H groups in total. The summed E-state index contributed by atoms with van der Waals surface area (Å²) in [5, 5.41) is 8.94. The van der Waals surface area contributed by atoms with E-state index in [1.165, 1.54) is 0 Å². The molecule has 0 spiro atoms. The first-order valence-electron chi connectivity index (χ1n) is 6.53. The van der Waals surface area contributed by atoms with Crippen molar-refractivity contribution in [3.8, 4) is 0 Å². The molecule has 0 aromatic carbocycles. The fourth-order valence-corrected chi connectivity index (χ4v) is 2.38. The highest BCUT2D eigenvalue weighted by molar-refractivity contribution is 5.87. The van der Waals surface area contributed by atoms with Crippen molar-refractivity contribution >= 4 is 11.9 Å². The zero-order valence-electron chi connectivity index (χ0n) is 11.8. The molecule has 1 aliphatic rings. The number of carboxylic acid groups (broad SMARTS) is 1. The lowest BCUT2D eigenvalue weighted by Crippen LogP contribution is -2.65. The van der Waals surface area contributed by atoms with Gasteiger partial charge in [-0.1, -0.05) is 13.3 Å². The second-order valence-corrected chi connectivity index (χ2v) is 5.65. The Balaban J connectivity index is 2.86. The molecule has 18 heavy (non-hydrogen) atoms. The third-order valence-electron chi connectivity index (χ3n) is 3.75. The number of nitrogens with zero attached hydrogens (tertiary/aromatic N) is 2. The molecule has 104 valence electrons. The summed E-state index contributed by atoms with van der Waals surface area (Å²) in [7, 11) is 1.84. The van der Waals surface area contributed by atoms with Gasteiger partial charge in [-0.2, -0.15) is 0 Å². The van der Waals surface area contributed by atoms with Crippen molar-refractivity contribution in [2.24, 2.45) is 0 Å². The van der Waals surface area contributed by atoms with Crippen molar-refractivity contribution in [1.29, 1.82) is 0 Å². The third-order valence-corrected chi connectivity index (χ3v) is 3.75. The summed E-state index contributed by atoms with van der Waals surface area (Å²) in [4.78, 5) is 26.9. The number of aliphatic carboxylic acids is 1. The highest BCUT2D eigenvalue weighted by atomic mass is 16.4. The SMILES string of the molecule is CCCCN1CC(C)(C)N(C)C(CC(=O)O)C1=O. The van der Waals surface area contributed by atoms with E-state index in [0.29, 0.717) is 6.54 Å². The number of likely N-dealkylation sites (N-methyl/N-ethyl adjacent to an activating group) is 1. The largest absolute Gasteiger partial charge is 0.481 e. The van der Waals surface area contributed by atoms with E-state index in [1.807, 2.05) is 30.7 Å². The number of rotatable bonds is 5. The van der Waals surface area contributed by atoms with Gasteiger partial charge in [-0.15, -0.1) is 0 Å². The van der Waals surface area contributed by atoms with Gasteiger partial charge in [0.25, 0.3) is 0 Å². The number of hydrogen-bond acceptors (Lipinski definition) is 3. The van der Waals surface area contributed by atoms with Crippen molar-refractivity contribution in [2.45, 2.75) is 51.6 Å². The molecule has 5 heteroatoms. The Bertz CT molecular complexity index is 328. The number of carbonyl (C=O) groups is 2. The number of unbranched alkanes of at least 4 members (excludes halogenated alkanes) is 1. The summed E-state index contributed by atoms with van der Waals surface area (Å²) >= 11 is 0. The zero-order valence-corrected chi connectivity index (χ0v) is 11.8. The van der Waals surface area contributed by atoms with Crippen LogP contribution in [0.15, 0.2) is 0 Å². The highest BCUT2D eigenvalue weighted by Gasteiger charge is 2.43. The quantitative estimate of drug-likeness (QED) is 0.802. The fraction of sp³-hybridized carbons (Fsp3) is 0.846. The van der Waals surface area contributed by atoms with Crippen LogP contribution >= 0.6 is 0 Å². The van der Waals surface area contributed by atoms with Crippen molar-refractivity contribution in [3.63, 3.8) is 0 Å². The minimum atomic E-state index is -0.923. The molecule has 0 bridgehead atoms. The van der Waals surface area contributed by atoms with Crippen LogP contribution in [0.2, 0.25) is 0 Å². The van der Waals surface area contributed by atoms with Gasteiger partial charge in [0.15, 0.2) is 0 Å². The fourth-order valence-electron chi connectivity index (χ4n) is 2.38. The molecule has 0 aromatic rings. The van der Waals surface area contributed by atoms with E-state index in [9.17, 15) is 9.59 Å². The summed E-state index contributed by atoms with van der Waals surface area (Å²) in [6, 6.07) is -0.539. The topological polar surface area (TPSA) is 60.9 Å². The van der Waals surface area contributed by atoms with Crippen LogP contribution in [0.1, 0.15) is 40.0 Å². The monoisotopic (exact) mass is 256 g/mol. The van der Waals surface area contributed by atoms with Crippen molar-refractivity contribution in [3.05, 3.63) is 0 Å². The van der Waals surface area contributed by atoms with Gasteiger partial charge in [0.05, 0.1) is 6.42 Å². The van der Waals surface area contributed by atoms with E-state index >= 15 is 0 Å². The first-order valence-corrected chi connectivity index (χ1v) is 6.53. The smallest absolute Gasteiger partial charge is 0.305 e. The van der Waals surface area contributed by atoms with Gasteiger partial charge in [0, 0.05) is 18.6 Å². The van der Waals surface area contributed by atoms with Gasteiger partial charge in [-0.3, -0.25) is 14.5 Å². The molecule has 0 radical (unpaired) electrons. The average Bonchev–Trinajstić information content (AvgIpc) is 2.27. The van der Waals surface area contributed by atoms with Gasteiger partial charge < -0.3 is 10.0 Å². The second kappa shape index (κ2) is 5.69. The van der Waals surface area contributed by atoms with Crippen LogP contribution in [0.4, 0.5) is 0 Å². The number of hydrogen-bond donors (Lipinski definition) is 1. The Hall–Kier alpha value is -1.10. The molecule has 1 saturated heterocycles. The molecular weight excluding hydrogens is 232 g/mol. The van der Waals surface area contributed by atoms with Crippen LogP contribution in [0, 0.1) is 0 Å². The Kier molecular flexibility index (Phi) is 4.73. The number of carboxylic acids is 1. The van der Waals surface area contributed by atoms with E-state index in [-0.39, 0.29) is 17.9 Å². The lowest BCUT2D eigenvalue weighted by Gasteiger charge is -2.49.